The van der Waals surface area contributed by atoms with Crippen LogP contribution < -0.4 is 10.6 Å². The van der Waals surface area contributed by atoms with Crippen molar-refractivity contribution in [3.8, 4) is 0 Å². The lowest BCUT2D eigenvalue weighted by Crippen LogP contribution is -2.45. The summed E-state index contributed by atoms with van der Waals surface area (Å²) in [5.74, 6) is -1.22. The highest BCUT2D eigenvalue weighted by Gasteiger charge is 2.27. The molecule has 4 rings (SSSR count). The third kappa shape index (κ3) is 5.03. The minimum absolute atomic E-state index is 0.0146. The molecular weight excluding hydrogens is 388 g/mol. The van der Waals surface area contributed by atoms with Gasteiger partial charge in [-0.15, -0.1) is 0 Å². The maximum absolute atomic E-state index is 12.5. The summed E-state index contributed by atoms with van der Waals surface area (Å²) in [5.41, 5.74) is 4.77. The molecule has 1 atom stereocenters. The molecule has 0 saturated heterocycles. The summed E-state index contributed by atoms with van der Waals surface area (Å²) in [6.45, 7) is 2.43. The van der Waals surface area contributed by atoms with Crippen LogP contribution in [0.1, 0.15) is 28.4 Å². The summed E-state index contributed by atoms with van der Waals surface area (Å²) in [7, 11) is 2.01. The highest BCUT2D eigenvalue weighted by molar-refractivity contribution is 6.35. The smallest absolute Gasteiger partial charge is 0.309 e. The molecule has 0 radical (unpaired) electrons. The van der Waals surface area contributed by atoms with Crippen LogP contribution in [-0.4, -0.2) is 34.4 Å². The second kappa shape index (κ2) is 9.62. The lowest BCUT2D eigenvalue weighted by atomic mass is 9.98. The van der Waals surface area contributed by atoms with Gasteiger partial charge in [-0.05, 0) is 35.2 Å². The molecular formula is C25H28N4O2. The van der Waals surface area contributed by atoms with Gasteiger partial charge in [0, 0.05) is 45.1 Å². The average molecular weight is 417 g/mol. The van der Waals surface area contributed by atoms with Gasteiger partial charge in [0.2, 0.25) is 0 Å². The minimum atomic E-state index is -0.613. The van der Waals surface area contributed by atoms with E-state index in [1.165, 1.54) is 11.1 Å². The first-order valence-electron chi connectivity index (χ1n) is 10.6. The summed E-state index contributed by atoms with van der Waals surface area (Å²) in [6.07, 6.45) is 2.98. The van der Waals surface area contributed by atoms with Crippen molar-refractivity contribution in [2.24, 2.45) is 7.05 Å². The number of hydrogen-bond acceptors (Lipinski definition) is 3. The van der Waals surface area contributed by atoms with Gasteiger partial charge in [-0.2, -0.15) is 0 Å². The van der Waals surface area contributed by atoms with E-state index in [0.29, 0.717) is 13.1 Å². The van der Waals surface area contributed by atoms with E-state index in [-0.39, 0.29) is 6.04 Å². The second-order valence-electron chi connectivity index (χ2n) is 7.93. The SMILES string of the molecule is Cn1cccc1C(CNC(=O)C(=O)NCc1ccccc1)N1CCc2ccccc2C1. The van der Waals surface area contributed by atoms with Crippen molar-refractivity contribution in [3.63, 3.8) is 0 Å². The zero-order valence-electron chi connectivity index (χ0n) is 17.8. The number of carbonyl (C=O) groups is 2. The molecule has 6 heteroatoms. The number of benzene rings is 2. The zero-order chi connectivity index (χ0) is 21.6. The number of rotatable bonds is 6. The zero-order valence-corrected chi connectivity index (χ0v) is 17.8. The molecule has 0 spiro atoms. The molecule has 0 saturated carbocycles. The minimum Gasteiger partial charge on any atom is -0.353 e. The number of fused-ring (bicyclic) bond motifs is 1. The first-order valence-corrected chi connectivity index (χ1v) is 10.6. The number of amides is 2. The van der Waals surface area contributed by atoms with E-state index >= 15 is 0 Å². The molecule has 1 aliphatic heterocycles. The van der Waals surface area contributed by atoms with Gasteiger partial charge in [0.1, 0.15) is 0 Å². The molecule has 1 aromatic heterocycles. The summed E-state index contributed by atoms with van der Waals surface area (Å²) >= 11 is 0. The Kier molecular flexibility index (Phi) is 6.48. The van der Waals surface area contributed by atoms with Crippen LogP contribution in [0.5, 0.6) is 0 Å². The van der Waals surface area contributed by atoms with Gasteiger partial charge in [0.05, 0.1) is 6.04 Å². The van der Waals surface area contributed by atoms with E-state index in [1.54, 1.807) is 0 Å². The van der Waals surface area contributed by atoms with Gasteiger partial charge in [0.25, 0.3) is 0 Å². The van der Waals surface area contributed by atoms with E-state index in [1.807, 2.05) is 49.6 Å². The Morgan fingerprint density at radius 2 is 1.61 bits per heavy atom. The number of aryl methyl sites for hydroxylation is 1. The van der Waals surface area contributed by atoms with Crippen LogP contribution in [0, 0.1) is 0 Å². The number of aromatic nitrogens is 1. The van der Waals surface area contributed by atoms with Crippen molar-refractivity contribution in [1.29, 1.82) is 0 Å². The van der Waals surface area contributed by atoms with Crippen molar-refractivity contribution in [3.05, 3.63) is 95.3 Å². The molecule has 0 fully saturated rings. The molecule has 3 aromatic rings. The summed E-state index contributed by atoms with van der Waals surface area (Å²) < 4.78 is 2.08. The van der Waals surface area contributed by atoms with Gasteiger partial charge < -0.3 is 15.2 Å². The fraction of sp³-hybridized carbons (Fsp3) is 0.280. The largest absolute Gasteiger partial charge is 0.353 e. The molecule has 1 unspecified atom stereocenters. The molecule has 2 N–H and O–H groups in total. The molecule has 2 heterocycles. The maximum Gasteiger partial charge on any atom is 0.309 e. The molecule has 6 nitrogen and oxygen atoms in total. The van der Waals surface area contributed by atoms with E-state index in [2.05, 4.69) is 50.4 Å². The topological polar surface area (TPSA) is 66.4 Å². The van der Waals surface area contributed by atoms with Crippen molar-refractivity contribution in [1.82, 2.24) is 20.1 Å². The first kappa shape index (κ1) is 20.9. The van der Waals surface area contributed by atoms with Crippen molar-refractivity contribution in [2.45, 2.75) is 25.6 Å². The quantitative estimate of drug-likeness (QED) is 0.607. The lowest BCUT2D eigenvalue weighted by Gasteiger charge is -2.36. The fourth-order valence-corrected chi connectivity index (χ4v) is 4.15. The molecule has 0 bridgehead atoms. The monoisotopic (exact) mass is 416 g/mol. The summed E-state index contributed by atoms with van der Waals surface area (Å²) in [4.78, 5) is 27.1. The third-order valence-corrected chi connectivity index (χ3v) is 5.88. The summed E-state index contributed by atoms with van der Waals surface area (Å²) in [5, 5.41) is 5.54. The first-order chi connectivity index (χ1) is 15.1. The van der Waals surface area contributed by atoms with Crippen LogP contribution in [-0.2, 0) is 36.1 Å². The van der Waals surface area contributed by atoms with Crippen molar-refractivity contribution in [2.75, 3.05) is 13.1 Å². The molecule has 2 amide bonds. The molecule has 160 valence electrons. The predicted molar refractivity (Wildman–Crippen MR) is 120 cm³/mol. The molecule has 0 aliphatic carbocycles. The van der Waals surface area contributed by atoms with Gasteiger partial charge in [-0.3, -0.25) is 14.5 Å². The predicted octanol–water partition coefficient (Wildman–Crippen LogP) is 2.56. The molecule has 2 aromatic carbocycles. The Bertz CT molecular complexity index is 1040. The average Bonchev–Trinajstić information content (AvgIpc) is 3.23. The van der Waals surface area contributed by atoms with Crippen LogP contribution >= 0.6 is 0 Å². The molecule has 1 aliphatic rings. The van der Waals surface area contributed by atoms with Crippen LogP contribution in [0.3, 0.4) is 0 Å². The standard InChI is InChI=1S/C25H28N4O2/c1-28-14-7-12-22(28)23(29-15-13-20-10-5-6-11-21(20)18-29)17-27-25(31)24(30)26-16-19-8-3-2-4-9-19/h2-12,14,23H,13,15-18H2,1H3,(H,26,30)(H,27,31). The van der Waals surface area contributed by atoms with Gasteiger partial charge in [-0.25, -0.2) is 0 Å². The second-order valence-corrected chi connectivity index (χ2v) is 7.93. The number of hydrogen-bond donors (Lipinski definition) is 2. The van der Waals surface area contributed by atoms with Crippen LogP contribution in [0.15, 0.2) is 72.9 Å². The highest BCUT2D eigenvalue weighted by Crippen LogP contribution is 2.27. The van der Waals surface area contributed by atoms with Crippen molar-refractivity contribution >= 4 is 11.8 Å². The van der Waals surface area contributed by atoms with E-state index in [0.717, 1.165) is 30.8 Å². The Morgan fingerprint density at radius 1 is 0.903 bits per heavy atom. The number of nitrogens with one attached hydrogen (secondary N) is 2. The van der Waals surface area contributed by atoms with E-state index < -0.39 is 11.8 Å². The van der Waals surface area contributed by atoms with E-state index in [4.69, 9.17) is 0 Å². The maximum atomic E-state index is 12.5. The Morgan fingerprint density at radius 3 is 2.35 bits per heavy atom. The normalized spacial score (nSPS) is 14.5. The highest BCUT2D eigenvalue weighted by atomic mass is 16.2. The van der Waals surface area contributed by atoms with Gasteiger partial charge in [0.15, 0.2) is 0 Å². The summed E-state index contributed by atoms with van der Waals surface area (Å²) in [6, 6.07) is 22.1. The van der Waals surface area contributed by atoms with Gasteiger partial charge in [-0.1, -0.05) is 54.6 Å². The fourth-order valence-electron chi connectivity index (χ4n) is 4.15. The molecule has 31 heavy (non-hydrogen) atoms. The lowest BCUT2D eigenvalue weighted by molar-refractivity contribution is -0.139. The van der Waals surface area contributed by atoms with Crippen LogP contribution in [0.4, 0.5) is 0 Å². The third-order valence-electron chi connectivity index (χ3n) is 5.88. The Labute approximate surface area is 182 Å². The van der Waals surface area contributed by atoms with Crippen LogP contribution in [0.2, 0.25) is 0 Å². The number of nitrogens with zero attached hydrogens (tertiary/aromatic N) is 2. The van der Waals surface area contributed by atoms with Gasteiger partial charge >= 0.3 is 11.8 Å². The Balaban J connectivity index is 1.40. The van der Waals surface area contributed by atoms with Crippen molar-refractivity contribution < 1.29 is 9.59 Å². The van der Waals surface area contributed by atoms with Crippen LogP contribution in [0.25, 0.3) is 0 Å². The van der Waals surface area contributed by atoms with E-state index in [9.17, 15) is 9.59 Å². The Hall–Kier alpha value is -3.38. The number of carbonyl (C=O) groups excluding carboxylic acids is 2.